The molecule has 0 aromatic heterocycles. The number of benzene rings is 1. The molecule has 0 aliphatic rings. The Bertz CT molecular complexity index is 531. The zero-order chi connectivity index (χ0) is 13.1. The fourth-order valence-electron chi connectivity index (χ4n) is 1.11. The first kappa shape index (κ1) is 13.4. The van der Waals surface area contributed by atoms with E-state index in [0.29, 0.717) is 0 Å². The van der Waals surface area contributed by atoms with Crippen molar-refractivity contribution in [3.8, 4) is 0 Å². The van der Waals surface area contributed by atoms with Gasteiger partial charge >= 0.3 is 0 Å². The van der Waals surface area contributed by atoms with E-state index in [1.54, 1.807) is 12.1 Å². The van der Waals surface area contributed by atoms with Crippen LogP contribution in [0.5, 0.6) is 0 Å². The van der Waals surface area contributed by atoms with E-state index in [1.807, 2.05) is 6.92 Å². The zero-order valence-corrected chi connectivity index (χ0v) is 10.4. The summed E-state index contributed by atoms with van der Waals surface area (Å²) in [5.41, 5.74) is 0.941. The minimum absolute atomic E-state index is 0.118. The Balaban J connectivity index is 2.79. The third-order valence-electron chi connectivity index (χ3n) is 2.12. The first-order valence-electron chi connectivity index (χ1n) is 4.91. The number of hydrogen-bond acceptors (Lipinski definition) is 4. The van der Waals surface area contributed by atoms with Crippen LogP contribution in [0.3, 0.4) is 0 Å². The summed E-state index contributed by atoms with van der Waals surface area (Å²) in [7, 11) is -3.59. The summed E-state index contributed by atoms with van der Waals surface area (Å²) in [6.45, 7) is 2.92. The van der Waals surface area contributed by atoms with E-state index in [9.17, 15) is 18.0 Å². The SMILES string of the molecule is CC(=O)C(=O)NCS(=O)(=O)c1ccc(C)cc1. The number of ketones is 1. The number of hydrogen-bond donors (Lipinski definition) is 1. The number of rotatable bonds is 4. The van der Waals surface area contributed by atoms with Crippen molar-refractivity contribution in [3.05, 3.63) is 29.8 Å². The van der Waals surface area contributed by atoms with Crippen LogP contribution in [0, 0.1) is 6.92 Å². The molecule has 0 saturated carbocycles. The van der Waals surface area contributed by atoms with Gasteiger partial charge in [-0.15, -0.1) is 0 Å². The van der Waals surface area contributed by atoms with Gasteiger partial charge in [0.25, 0.3) is 5.91 Å². The van der Waals surface area contributed by atoms with Gasteiger partial charge in [0.05, 0.1) is 4.90 Å². The average molecular weight is 255 g/mol. The van der Waals surface area contributed by atoms with Gasteiger partial charge in [0.1, 0.15) is 5.88 Å². The molecule has 1 amide bonds. The van der Waals surface area contributed by atoms with E-state index in [-0.39, 0.29) is 4.90 Å². The lowest BCUT2D eigenvalue weighted by Crippen LogP contribution is -2.33. The number of amides is 1. The highest BCUT2D eigenvalue weighted by molar-refractivity contribution is 7.91. The molecule has 1 aromatic rings. The Morgan fingerprint density at radius 3 is 2.18 bits per heavy atom. The number of Topliss-reactive ketones (excluding diaryl/α,β-unsaturated/α-hetero) is 1. The van der Waals surface area contributed by atoms with Gasteiger partial charge in [0.2, 0.25) is 5.78 Å². The van der Waals surface area contributed by atoms with Gasteiger partial charge in [-0.25, -0.2) is 8.42 Å². The molecule has 1 aromatic carbocycles. The lowest BCUT2D eigenvalue weighted by molar-refractivity contribution is -0.136. The highest BCUT2D eigenvalue weighted by Gasteiger charge is 2.16. The lowest BCUT2D eigenvalue weighted by atomic mass is 10.2. The Morgan fingerprint density at radius 2 is 1.71 bits per heavy atom. The van der Waals surface area contributed by atoms with Crippen molar-refractivity contribution in [1.82, 2.24) is 5.32 Å². The van der Waals surface area contributed by atoms with Crippen LogP contribution in [-0.4, -0.2) is 26.0 Å². The summed E-state index contributed by atoms with van der Waals surface area (Å²) in [5.74, 6) is -2.20. The molecular weight excluding hydrogens is 242 g/mol. The minimum Gasteiger partial charge on any atom is -0.335 e. The molecule has 0 atom stereocenters. The number of carbonyl (C=O) groups is 2. The van der Waals surface area contributed by atoms with Crippen molar-refractivity contribution >= 4 is 21.5 Å². The van der Waals surface area contributed by atoms with E-state index in [4.69, 9.17) is 0 Å². The largest absolute Gasteiger partial charge is 0.335 e. The van der Waals surface area contributed by atoms with Crippen LogP contribution < -0.4 is 5.32 Å². The average Bonchev–Trinajstić information content (AvgIpc) is 2.26. The van der Waals surface area contributed by atoms with Gasteiger partial charge in [0, 0.05) is 6.92 Å². The topological polar surface area (TPSA) is 80.3 Å². The van der Waals surface area contributed by atoms with Crippen molar-refractivity contribution in [2.24, 2.45) is 0 Å². The molecule has 0 unspecified atom stereocenters. The summed E-state index contributed by atoms with van der Waals surface area (Å²) in [6, 6.07) is 6.26. The fraction of sp³-hybridized carbons (Fsp3) is 0.273. The van der Waals surface area contributed by atoms with Crippen molar-refractivity contribution < 1.29 is 18.0 Å². The maximum Gasteiger partial charge on any atom is 0.287 e. The number of carbonyl (C=O) groups excluding carboxylic acids is 2. The summed E-state index contributed by atoms with van der Waals surface area (Å²) in [5, 5.41) is 2.06. The Hall–Kier alpha value is -1.69. The minimum atomic E-state index is -3.59. The van der Waals surface area contributed by atoms with E-state index >= 15 is 0 Å². The fourth-order valence-corrected chi connectivity index (χ4v) is 2.15. The standard InChI is InChI=1S/C11H13NO4S/c1-8-3-5-10(6-4-8)17(15,16)7-12-11(14)9(2)13/h3-6H,7H2,1-2H3,(H,12,14). The van der Waals surface area contributed by atoms with Gasteiger partial charge in [-0.2, -0.15) is 0 Å². The second-order valence-corrected chi connectivity index (χ2v) is 5.62. The van der Waals surface area contributed by atoms with Gasteiger partial charge in [-0.3, -0.25) is 9.59 Å². The van der Waals surface area contributed by atoms with Crippen LogP contribution in [-0.2, 0) is 19.4 Å². The molecule has 0 heterocycles. The smallest absolute Gasteiger partial charge is 0.287 e. The molecule has 0 aliphatic heterocycles. The quantitative estimate of drug-likeness (QED) is 0.791. The van der Waals surface area contributed by atoms with E-state index in [2.05, 4.69) is 5.32 Å². The molecule has 1 rings (SSSR count). The maximum atomic E-state index is 11.7. The van der Waals surface area contributed by atoms with Crippen LogP contribution in [0.1, 0.15) is 12.5 Å². The van der Waals surface area contributed by atoms with Gasteiger partial charge in [-0.1, -0.05) is 17.7 Å². The third-order valence-corrected chi connectivity index (χ3v) is 3.64. The highest BCUT2D eigenvalue weighted by atomic mass is 32.2. The summed E-state index contributed by atoms with van der Waals surface area (Å²) in [6.07, 6.45) is 0. The molecule has 0 fully saturated rings. The van der Waals surface area contributed by atoms with E-state index < -0.39 is 27.4 Å². The van der Waals surface area contributed by atoms with Crippen molar-refractivity contribution in [2.75, 3.05) is 5.88 Å². The molecule has 17 heavy (non-hydrogen) atoms. The number of nitrogens with one attached hydrogen (secondary N) is 1. The number of aryl methyl sites for hydroxylation is 1. The maximum absolute atomic E-state index is 11.7. The highest BCUT2D eigenvalue weighted by Crippen LogP contribution is 2.10. The van der Waals surface area contributed by atoms with Crippen molar-refractivity contribution in [2.45, 2.75) is 18.7 Å². The van der Waals surface area contributed by atoms with Crippen LogP contribution in [0.2, 0.25) is 0 Å². The van der Waals surface area contributed by atoms with Crippen molar-refractivity contribution in [3.63, 3.8) is 0 Å². The predicted molar refractivity (Wildman–Crippen MR) is 62.1 cm³/mol. The number of sulfone groups is 1. The molecule has 0 bridgehead atoms. The normalized spacial score (nSPS) is 10.9. The Kier molecular flexibility index (Phi) is 4.01. The van der Waals surface area contributed by atoms with Crippen LogP contribution >= 0.6 is 0 Å². The van der Waals surface area contributed by atoms with Crippen LogP contribution in [0.15, 0.2) is 29.2 Å². The van der Waals surface area contributed by atoms with Crippen molar-refractivity contribution in [1.29, 1.82) is 0 Å². The first-order chi connectivity index (χ1) is 7.83. The predicted octanol–water partition coefficient (Wildman–Crippen LogP) is 0.431. The van der Waals surface area contributed by atoms with Gasteiger partial charge in [-0.05, 0) is 19.1 Å². The molecule has 0 spiro atoms. The van der Waals surface area contributed by atoms with E-state index in [0.717, 1.165) is 12.5 Å². The van der Waals surface area contributed by atoms with E-state index in [1.165, 1.54) is 12.1 Å². The molecule has 92 valence electrons. The second-order valence-electron chi connectivity index (χ2n) is 3.63. The third kappa shape index (κ3) is 3.67. The molecule has 0 saturated heterocycles. The van der Waals surface area contributed by atoms with Crippen LogP contribution in [0.25, 0.3) is 0 Å². The first-order valence-corrected chi connectivity index (χ1v) is 6.56. The molecule has 0 radical (unpaired) electrons. The monoisotopic (exact) mass is 255 g/mol. The molecule has 1 N–H and O–H groups in total. The summed E-state index contributed by atoms with van der Waals surface area (Å²) in [4.78, 5) is 21.7. The van der Waals surface area contributed by atoms with Crippen LogP contribution in [0.4, 0.5) is 0 Å². The zero-order valence-electron chi connectivity index (χ0n) is 9.56. The molecule has 0 aliphatic carbocycles. The van der Waals surface area contributed by atoms with Gasteiger partial charge in [0.15, 0.2) is 9.84 Å². The second kappa shape index (κ2) is 5.09. The summed E-state index contributed by atoms with van der Waals surface area (Å²) < 4.78 is 23.5. The molecular formula is C11H13NO4S. The Morgan fingerprint density at radius 1 is 1.18 bits per heavy atom. The lowest BCUT2D eigenvalue weighted by Gasteiger charge is -2.05. The van der Waals surface area contributed by atoms with Gasteiger partial charge < -0.3 is 5.32 Å². The molecule has 5 nitrogen and oxygen atoms in total. The Labute approximate surface area is 99.8 Å². The molecule has 6 heteroatoms. The summed E-state index contributed by atoms with van der Waals surface area (Å²) >= 11 is 0.